The van der Waals surface area contributed by atoms with Crippen molar-refractivity contribution in [2.45, 2.75) is 24.7 Å². The molecule has 0 saturated heterocycles. The average molecular weight is 477 g/mol. The van der Waals surface area contributed by atoms with Crippen LogP contribution in [0.4, 0.5) is 4.79 Å². The van der Waals surface area contributed by atoms with Gasteiger partial charge in [-0.3, -0.25) is 19.7 Å². The zero-order chi connectivity index (χ0) is 24.4. The normalized spacial score (nSPS) is 10.7. The maximum absolute atomic E-state index is 12.6. The van der Waals surface area contributed by atoms with Gasteiger partial charge in [0.1, 0.15) is 0 Å². The Hall–Kier alpha value is -3.84. The van der Waals surface area contributed by atoms with Gasteiger partial charge in [0.05, 0.1) is 17.0 Å². The second kappa shape index (κ2) is 11.7. The van der Waals surface area contributed by atoms with Crippen molar-refractivity contribution in [2.24, 2.45) is 5.73 Å². The molecule has 0 aliphatic carbocycles. The summed E-state index contributed by atoms with van der Waals surface area (Å²) in [6, 6.07) is 7.56. The Morgan fingerprint density at radius 2 is 1.82 bits per heavy atom. The molecule has 33 heavy (non-hydrogen) atoms. The Labute approximate surface area is 190 Å². The molecule has 1 aromatic heterocycles. The fourth-order valence-electron chi connectivity index (χ4n) is 2.39. The molecule has 0 saturated carbocycles. The van der Waals surface area contributed by atoms with Crippen molar-refractivity contribution < 1.29 is 32.3 Å². The van der Waals surface area contributed by atoms with E-state index in [-0.39, 0.29) is 21.9 Å². The van der Waals surface area contributed by atoms with E-state index in [1.807, 2.05) is 17.0 Å². The largest absolute Gasteiger partial charge is 0.420 e. The summed E-state index contributed by atoms with van der Waals surface area (Å²) in [4.78, 5) is 50.5. The maximum Gasteiger partial charge on any atom is 0.420 e. The lowest BCUT2D eigenvalue weighted by Gasteiger charge is -2.09. The molecule has 0 radical (unpaired) electrons. The second-order valence-corrected chi connectivity index (χ2v) is 8.28. The number of pyridine rings is 1. The number of amides is 4. The van der Waals surface area contributed by atoms with E-state index in [2.05, 4.69) is 10.3 Å². The highest BCUT2D eigenvalue weighted by atomic mass is 32.2. The summed E-state index contributed by atoms with van der Waals surface area (Å²) in [6.07, 6.45) is 1.55. The predicted molar refractivity (Wildman–Crippen MR) is 116 cm³/mol. The van der Waals surface area contributed by atoms with E-state index < -0.39 is 40.4 Å². The molecule has 13 heteroatoms. The molecule has 2 aromatic rings. The number of rotatable bonds is 9. The fraction of sp³-hybridized carbons (Fsp3) is 0.250. The van der Waals surface area contributed by atoms with Crippen LogP contribution >= 0.6 is 0 Å². The van der Waals surface area contributed by atoms with Crippen molar-refractivity contribution in [2.75, 3.05) is 13.1 Å². The van der Waals surface area contributed by atoms with Gasteiger partial charge in [-0.25, -0.2) is 22.9 Å². The molecule has 4 amide bonds. The van der Waals surface area contributed by atoms with Gasteiger partial charge >= 0.3 is 6.09 Å². The first-order valence-corrected chi connectivity index (χ1v) is 11.3. The van der Waals surface area contributed by atoms with Crippen molar-refractivity contribution in [1.29, 1.82) is 0 Å². The lowest BCUT2D eigenvalue weighted by atomic mass is 10.2. The minimum Gasteiger partial charge on any atom is -0.391 e. The van der Waals surface area contributed by atoms with Crippen LogP contribution in [0.15, 0.2) is 47.5 Å². The van der Waals surface area contributed by atoms with Crippen molar-refractivity contribution in [3.63, 3.8) is 0 Å². The molecule has 1 aromatic carbocycles. The number of nitrogens with zero attached hydrogens (tertiary/aromatic N) is 1. The van der Waals surface area contributed by atoms with E-state index in [9.17, 15) is 27.6 Å². The summed E-state index contributed by atoms with van der Waals surface area (Å²) >= 11 is 0. The first-order valence-electron chi connectivity index (χ1n) is 9.79. The van der Waals surface area contributed by atoms with Gasteiger partial charge in [-0.1, -0.05) is 19.4 Å². The molecule has 176 valence electrons. The highest BCUT2D eigenvalue weighted by molar-refractivity contribution is 7.90. The van der Waals surface area contributed by atoms with Crippen LogP contribution in [0.5, 0.6) is 5.88 Å². The van der Waals surface area contributed by atoms with Crippen LogP contribution in [-0.2, 0) is 14.8 Å². The number of benzene rings is 1. The summed E-state index contributed by atoms with van der Waals surface area (Å²) in [5.41, 5.74) is 5.05. The molecular weight excluding hydrogens is 454 g/mol. The van der Waals surface area contributed by atoms with Crippen molar-refractivity contribution in [3.8, 4) is 5.88 Å². The van der Waals surface area contributed by atoms with Gasteiger partial charge in [-0.05, 0) is 30.7 Å². The minimum absolute atomic E-state index is 0.135. The number of sulfonamides is 1. The van der Waals surface area contributed by atoms with Gasteiger partial charge < -0.3 is 15.8 Å². The number of carbonyl (C=O) groups is 4. The van der Waals surface area contributed by atoms with Gasteiger partial charge in [0.15, 0.2) is 0 Å². The van der Waals surface area contributed by atoms with Crippen LogP contribution in [0.3, 0.4) is 0 Å². The van der Waals surface area contributed by atoms with Crippen molar-refractivity contribution in [3.05, 3.63) is 53.7 Å². The number of imide groups is 1. The summed E-state index contributed by atoms with van der Waals surface area (Å²) in [5, 5.41) is 4.52. The summed E-state index contributed by atoms with van der Waals surface area (Å²) in [6.45, 7) is 2.02. The lowest BCUT2D eigenvalue weighted by molar-refractivity contribution is -0.118. The van der Waals surface area contributed by atoms with E-state index in [0.717, 1.165) is 31.2 Å². The molecular formula is C20H23N5O7S. The molecule has 1 heterocycles. The number of unbranched alkanes of at least 4 members (excludes halogenated alkanes) is 1. The number of aromatic nitrogens is 1. The molecule has 0 fully saturated rings. The van der Waals surface area contributed by atoms with Gasteiger partial charge in [0.25, 0.3) is 21.8 Å². The third kappa shape index (κ3) is 7.66. The quantitative estimate of drug-likeness (QED) is 0.368. The van der Waals surface area contributed by atoms with Crippen LogP contribution in [0.2, 0.25) is 0 Å². The average Bonchev–Trinajstić information content (AvgIpc) is 2.79. The zero-order valence-electron chi connectivity index (χ0n) is 17.7. The molecule has 0 spiro atoms. The highest BCUT2D eigenvalue weighted by Gasteiger charge is 2.21. The van der Waals surface area contributed by atoms with Gasteiger partial charge in [0, 0.05) is 24.4 Å². The fourth-order valence-corrected chi connectivity index (χ4v) is 3.41. The third-order valence-electron chi connectivity index (χ3n) is 4.07. The van der Waals surface area contributed by atoms with E-state index in [1.54, 1.807) is 0 Å². The Morgan fingerprint density at radius 1 is 1.06 bits per heavy atom. The monoisotopic (exact) mass is 477 g/mol. The SMILES string of the molecule is CCCCNC(=O)c1cccc(S(=O)(=O)NC(=O)c2ccc(OC(=O)NC(=O)CN)nc2)c1. The van der Waals surface area contributed by atoms with Crippen LogP contribution in [0.1, 0.15) is 40.5 Å². The minimum atomic E-state index is -4.29. The molecule has 5 N–H and O–H groups in total. The Morgan fingerprint density at radius 3 is 2.45 bits per heavy atom. The predicted octanol–water partition coefficient (Wildman–Crippen LogP) is 0.304. The molecule has 0 aliphatic heterocycles. The van der Waals surface area contributed by atoms with Gasteiger partial charge in [-0.15, -0.1) is 0 Å². The van der Waals surface area contributed by atoms with Crippen LogP contribution < -0.4 is 25.8 Å². The molecule has 0 aliphatic rings. The molecule has 0 atom stereocenters. The van der Waals surface area contributed by atoms with Crippen LogP contribution in [-0.4, -0.2) is 50.3 Å². The molecule has 0 unspecified atom stereocenters. The summed E-state index contributed by atoms with van der Waals surface area (Å²) in [7, 11) is -4.29. The molecule has 0 bridgehead atoms. The number of nitrogens with one attached hydrogen (secondary N) is 3. The van der Waals surface area contributed by atoms with Gasteiger partial charge in [0.2, 0.25) is 11.8 Å². The maximum atomic E-state index is 12.6. The Kier molecular flexibility index (Phi) is 9.00. The standard InChI is InChI=1S/C20H23N5O7S/c1-2-3-9-22-18(27)13-5-4-6-15(10-13)33(30,31)25-19(28)14-7-8-17(23-12-14)32-20(29)24-16(26)11-21/h4-8,10,12H,2-3,9,11,21H2,1H3,(H,22,27)(H,25,28)(H,24,26,29). The van der Waals surface area contributed by atoms with Gasteiger partial charge in [-0.2, -0.15) is 0 Å². The van der Waals surface area contributed by atoms with Crippen molar-refractivity contribution >= 4 is 33.8 Å². The van der Waals surface area contributed by atoms with Crippen LogP contribution in [0.25, 0.3) is 0 Å². The van der Waals surface area contributed by atoms with E-state index >= 15 is 0 Å². The zero-order valence-corrected chi connectivity index (χ0v) is 18.5. The summed E-state index contributed by atoms with van der Waals surface area (Å²) in [5.74, 6) is -2.42. The smallest absolute Gasteiger partial charge is 0.391 e. The third-order valence-corrected chi connectivity index (χ3v) is 5.40. The van der Waals surface area contributed by atoms with Crippen molar-refractivity contribution in [1.82, 2.24) is 20.3 Å². The number of carbonyl (C=O) groups excluding carboxylic acids is 4. The lowest BCUT2D eigenvalue weighted by Crippen LogP contribution is -2.37. The second-order valence-electron chi connectivity index (χ2n) is 6.60. The topological polar surface area (TPSA) is 187 Å². The Balaban J connectivity index is 2.05. The number of hydrogen-bond acceptors (Lipinski definition) is 9. The number of hydrogen-bond donors (Lipinski definition) is 4. The van der Waals surface area contributed by atoms with E-state index in [0.29, 0.717) is 6.54 Å². The highest BCUT2D eigenvalue weighted by Crippen LogP contribution is 2.13. The van der Waals surface area contributed by atoms with E-state index in [4.69, 9.17) is 10.5 Å². The first-order chi connectivity index (χ1) is 15.7. The number of ether oxygens (including phenoxy) is 1. The van der Waals surface area contributed by atoms with Crippen LogP contribution in [0, 0.1) is 0 Å². The summed E-state index contributed by atoms with van der Waals surface area (Å²) < 4.78 is 31.8. The Bertz CT molecular complexity index is 1130. The number of nitrogens with two attached hydrogens (primary N) is 1. The molecule has 2 rings (SSSR count). The molecule has 12 nitrogen and oxygen atoms in total. The van der Waals surface area contributed by atoms with E-state index in [1.165, 1.54) is 24.3 Å². The first kappa shape index (κ1) is 25.4.